The number of aryl methyl sites for hydroxylation is 1. The molecule has 0 spiro atoms. The van der Waals surface area contributed by atoms with Crippen molar-refractivity contribution in [2.24, 2.45) is 0 Å². The molecule has 1 aromatic rings. The molecule has 0 N–H and O–H groups in total. The first-order valence-corrected chi connectivity index (χ1v) is 5.05. The molecule has 1 saturated heterocycles. The van der Waals surface area contributed by atoms with Crippen LogP contribution in [0, 0.1) is 6.92 Å². The van der Waals surface area contributed by atoms with Crippen LogP contribution in [0.25, 0.3) is 0 Å². The molecule has 0 aliphatic carbocycles. The molecular weight excluding hydrogens is 176 g/mol. The van der Waals surface area contributed by atoms with Gasteiger partial charge in [-0.15, -0.1) is 0 Å². The van der Waals surface area contributed by atoms with Crippen molar-refractivity contribution in [2.45, 2.75) is 26.1 Å². The van der Waals surface area contributed by atoms with Gasteiger partial charge in [-0.05, 0) is 19.4 Å². The molecule has 2 unspecified atom stereocenters. The van der Waals surface area contributed by atoms with Gasteiger partial charge in [-0.3, -0.25) is 0 Å². The largest absolute Gasteiger partial charge is 0.371 e. The van der Waals surface area contributed by atoms with E-state index in [1.807, 2.05) is 0 Å². The molecule has 1 heterocycles. The number of hydrogen-bond acceptors (Lipinski definition) is 2. The summed E-state index contributed by atoms with van der Waals surface area (Å²) in [7, 11) is 0. The molecule has 1 aliphatic rings. The predicted octanol–water partition coefficient (Wildman–Crippen LogP) is 2.47. The lowest BCUT2D eigenvalue weighted by molar-refractivity contribution is 0.0539. The van der Waals surface area contributed by atoms with Crippen LogP contribution in [-0.2, 0) is 9.47 Å². The Morgan fingerprint density at radius 2 is 2.36 bits per heavy atom. The van der Waals surface area contributed by atoms with Crippen molar-refractivity contribution in [2.75, 3.05) is 13.2 Å². The Labute approximate surface area is 84.8 Å². The summed E-state index contributed by atoms with van der Waals surface area (Å²) in [6.07, 6.45) is 0.515. The van der Waals surface area contributed by atoms with Crippen LogP contribution in [0.5, 0.6) is 0 Å². The van der Waals surface area contributed by atoms with Gasteiger partial charge in [-0.1, -0.05) is 29.8 Å². The van der Waals surface area contributed by atoms with Gasteiger partial charge in [0.2, 0.25) is 0 Å². The maximum atomic E-state index is 5.68. The van der Waals surface area contributed by atoms with Crippen molar-refractivity contribution in [1.29, 1.82) is 0 Å². The first kappa shape index (κ1) is 9.69. The molecule has 2 rings (SSSR count). The fourth-order valence-corrected chi connectivity index (χ4v) is 1.44. The third-order valence-electron chi connectivity index (χ3n) is 2.45. The van der Waals surface area contributed by atoms with Gasteiger partial charge < -0.3 is 9.47 Å². The molecule has 76 valence electrons. The van der Waals surface area contributed by atoms with Crippen molar-refractivity contribution < 1.29 is 9.47 Å². The Morgan fingerprint density at radius 3 is 3.00 bits per heavy atom. The highest BCUT2D eigenvalue weighted by Crippen LogP contribution is 2.20. The SMILES string of the molecule is Cc1cccc(C(C)OCC2CO2)c1. The summed E-state index contributed by atoms with van der Waals surface area (Å²) >= 11 is 0. The fraction of sp³-hybridized carbons (Fsp3) is 0.500. The second kappa shape index (κ2) is 4.11. The first-order valence-electron chi connectivity index (χ1n) is 5.05. The Hall–Kier alpha value is -0.860. The van der Waals surface area contributed by atoms with Crippen LogP contribution >= 0.6 is 0 Å². The number of benzene rings is 1. The van der Waals surface area contributed by atoms with Gasteiger partial charge in [-0.2, -0.15) is 0 Å². The normalized spacial score (nSPS) is 22.0. The Kier molecular flexibility index (Phi) is 2.85. The van der Waals surface area contributed by atoms with Gasteiger partial charge in [-0.25, -0.2) is 0 Å². The molecular formula is C12H16O2. The van der Waals surface area contributed by atoms with Gasteiger partial charge in [0.15, 0.2) is 0 Å². The summed E-state index contributed by atoms with van der Waals surface area (Å²) in [5.74, 6) is 0. The van der Waals surface area contributed by atoms with Crippen LogP contribution in [0.15, 0.2) is 24.3 Å². The third kappa shape index (κ3) is 2.56. The zero-order valence-electron chi connectivity index (χ0n) is 8.69. The van der Waals surface area contributed by atoms with E-state index in [4.69, 9.17) is 9.47 Å². The Bertz CT molecular complexity index is 305. The average molecular weight is 192 g/mol. The molecule has 2 heteroatoms. The maximum absolute atomic E-state index is 5.68. The van der Waals surface area contributed by atoms with E-state index < -0.39 is 0 Å². The van der Waals surface area contributed by atoms with Gasteiger partial charge >= 0.3 is 0 Å². The maximum Gasteiger partial charge on any atom is 0.104 e. The molecule has 1 aromatic carbocycles. The molecule has 0 amide bonds. The van der Waals surface area contributed by atoms with Crippen molar-refractivity contribution in [1.82, 2.24) is 0 Å². The van der Waals surface area contributed by atoms with Gasteiger partial charge in [0.25, 0.3) is 0 Å². The van der Waals surface area contributed by atoms with E-state index in [1.165, 1.54) is 11.1 Å². The highest BCUT2D eigenvalue weighted by atomic mass is 16.6. The van der Waals surface area contributed by atoms with Gasteiger partial charge in [0.1, 0.15) is 6.10 Å². The Balaban J connectivity index is 1.91. The summed E-state index contributed by atoms with van der Waals surface area (Å²) in [5.41, 5.74) is 2.52. The molecule has 1 fully saturated rings. The molecule has 14 heavy (non-hydrogen) atoms. The lowest BCUT2D eigenvalue weighted by Crippen LogP contribution is -2.06. The lowest BCUT2D eigenvalue weighted by Gasteiger charge is -2.12. The van der Waals surface area contributed by atoms with E-state index in [2.05, 4.69) is 38.1 Å². The second-order valence-corrected chi connectivity index (χ2v) is 3.85. The highest BCUT2D eigenvalue weighted by molar-refractivity contribution is 5.23. The van der Waals surface area contributed by atoms with E-state index in [9.17, 15) is 0 Å². The molecule has 2 atom stereocenters. The van der Waals surface area contributed by atoms with Crippen molar-refractivity contribution in [3.63, 3.8) is 0 Å². The van der Waals surface area contributed by atoms with E-state index in [0.29, 0.717) is 6.10 Å². The summed E-state index contributed by atoms with van der Waals surface area (Å²) < 4.78 is 10.8. The van der Waals surface area contributed by atoms with Crippen molar-refractivity contribution >= 4 is 0 Å². The average Bonchev–Trinajstić information content (AvgIpc) is 2.97. The number of hydrogen-bond donors (Lipinski definition) is 0. The van der Waals surface area contributed by atoms with Crippen LogP contribution in [0.3, 0.4) is 0 Å². The summed E-state index contributed by atoms with van der Waals surface area (Å²) in [6.45, 7) is 5.76. The fourth-order valence-electron chi connectivity index (χ4n) is 1.44. The van der Waals surface area contributed by atoms with E-state index in [-0.39, 0.29) is 6.10 Å². The number of ether oxygens (including phenoxy) is 2. The zero-order valence-corrected chi connectivity index (χ0v) is 8.69. The number of rotatable bonds is 4. The Morgan fingerprint density at radius 1 is 1.57 bits per heavy atom. The van der Waals surface area contributed by atoms with E-state index in [0.717, 1.165) is 13.2 Å². The van der Waals surface area contributed by atoms with Crippen LogP contribution in [0.4, 0.5) is 0 Å². The molecule has 0 aromatic heterocycles. The molecule has 0 bridgehead atoms. The number of epoxide rings is 1. The molecule has 1 aliphatic heterocycles. The highest BCUT2D eigenvalue weighted by Gasteiger charge is 2.23. The molecule has 0 saturated carbocycles. The lowest BCUT2D eigenvalue weighted by atomic mass is 10.1. The minimum Gasteiger partial charge on any atom is -0.371 e. The van der Waals surface area contributed by atoms with Crippen LogP contribution in [0.1, 0.15) is 24.2 Å². The van der Waals surface area contributed by atoms with Crippen LogP contribution in [0.2, 0.25) is 0 Å². The summed E-state index contributed by atoms with van der Waals surface area (Å²) in [4.78, 5) is 0. The minimum atomic E-state index is 0.166. The first-order chi connectivity index (χ1) is 6.75. The van der Waals surface area contributed by atoms with Crippen LogP contribution in [-0.4, -0.2) is 19.3 Å². The zero-order chi connectivity index (χ0) is 9.97. The van der Waals surface area contributed by atoms with E-state index >= 15 is 0 Å². The van der Waals surface area contributed by atoms with Crippen molar-refractivity contribution in [3.8, 4) is 0 Å². The molecule has 0 radical (unpaired) electrons. The summed E-state index contributed by atoms with van der Waals surface area (Å²) in [6, 6.07) is 8.43. The quantitative estimate of drug-likeness (QED) is 0.683. The molecule has 2 nitrogen and oxygen atoms in total. The topological polar surface area (TPSA) is 21.8 Å². The monoisotopic (exact) mass is 192 g/mol. The predicted molar refractivity (Wildman–Crippen MR) is 55.3 cm³/mol. The van der Waals surface area contributed by atoms with Crippen molar-refractivity contribution in [3.05, 3.63) is 35.4 Å². The third-order valence-corrected chi connectivity index (χ3v) is 2.45. The second-order valence-electron chi connectivity index (χ2n) is 3.85. The minimum absolute atomic E-state index is 0.166. The summed E-state index contributed by atoms with van der Waals surface area (Å²) in [5, 5.41) is 0. The smallest absolute Gasteiger partial charge is 0.104 e. The van der Waals surface area contributed by atoms with Gasteiger partial charge in [0.05, 0.1) is 19.3 Å². The van der Waals surface area contributed by atoms with Gasteiger partial charge in [0, 0.05) is 0 Å². The standard InChI is InChI=1S/C12H16O2/c1-9-4-3-5-11(6-9)10(2)13-7-12-8-14-12/h3-6,10,12H,7-8H2,1-2H3. The van der Waals surface area contributed by atoms with E-state index in [1.54, 1.807) is 0 Å². The van der Waals surface area contributed by atoms with Crippen LogP contribution < -0.4 is 0 Å².